The fourth-order valence-corrected chi connectivity index (χ4v) is 3.25. The molecule has 0 atom stereocenters. The number of carbonyl (C=O) groups excluding carboxylic acids is 1. The topological polar surface area (TPSA) is 46.9 Å². The van der Waals surface area contributed by atoms with Crippen molar-refractivity contribution in [2.75, 3.05) is 0 Å². The number of benzene rings is 1. The van der Waals surface area contributed by atoms with E-state index in [0.717, 1.165) is 11.3 Å². The monoisotopic (exact) mass is 313 g/mol. The Labute approximate surface area is 132 Å². The molecule has 0 aliphatic rings. The van der Waals surface area contributed by atoms with E-state index in [0.29, 0.717) is 6.54 Å². The summed E-state index contributed by atoms with van der Waals surface area (Å²) in [5, 5.41) is 8.38. The van der Waals surface area contributed by atoms with Gasteiger partial charge < -0.3 is 5.32 Å². The van der Waals surface area contributed by atoms with Gasteiger partial charge in [-0.2, -0.15) is 5.10 Å². The van der Waals surface area contributed by atoms with Gasteiger partial charge in [0.1, 0.15) is 0 Å². The molecule has 0 fully saturated rings. The second-order valence-corrected chi connectivity index (χ2v) is 11.5. The maximum Gasteiger partial charge on any atom is 0.244 e. The minimum absolute atomic E-state index is 0.101. The third kappa shape index (κ3) is 4.43. The van der Waals surface area contributed by atoms with Crippen molar-refractivity contribution in [1.82, 2.24) is 15.1 Å². The number of aryl methyl sites for hydroxylation is 1. The highest BCUT2D eigenvalue weighted by molar-refractivity contribution is 6.88. The number of hydrogen-bond donors (Lipinski definition) is 1. The first-order valence-corrected chi connectivity index (χ1v) is 10.9. The average Bonchev–Trinajstić information content (AvgIpc) is 2.88. The molecule has 0 bridgehead atoms. The SMILES string of the molecule is Cn1nccc1C=CC(=O)NCc1ccc([Si](C)(C)C)cc1. The zero-order chi connectivity index (χ0) is 16.2. The van der Waals surface area contributed by atoms with E-state index >= 15 is 0 Å². The van der Waals surface area contributed by atoms with Crippen LogP contribution in [0.15, 0.2) is 42.6 Å². The highest BCUT2D eigenvalue weighted by Crippen LogP contribution is 2.05. The highest BCUT2D eigenvalue weighted by Gasteiger charge is 2.15. The quantitative estimate of drug-likeness (QED) is 0.680. The minimum atomic E-state index is -1.26. The van der Waals surface area contributed by atoms with Crippen molar-refractivity contribution < 1.29 is 4.79 Å². The summed E-state index contributed by atoms with van der Waals surface area (Å²) in [6, 6.07) is 10.4. The number of rotatable bonds is 5. The van der Waals surface area contributed by atoms with E-state index < -0.39 is 8.07 Å². The molecule has 2 aromatic rings. The molecule has 1 amide bonds. The summed E-state index contributed by atoms with van der Waals surface area (Å²) in [6.07, 6.45) is 5.00. The van der Waals surface area contributed by atoms with E-state index in [4.69, 9.17) is 0 Å². The van der Waals surface area contributed by atoms with E-state index in [1.165, 1.54) is 11.3 Å². The second-order valence-electron chi connectivity index (χ2n) is 6.38. The number of nitrogens with one attached hydrogen (secondary N) is 1. The van der Waals surface area contributed by atoms with Crippen LogP contribution in [0, 0.1) is 0 Å². The summed E-state index contributed by atoms with van der Waals surface area (Å²) < 4.78 is 1.72. The van der Waals surface area contributed by atoms with Crippen LogP contribution in [-0.2, 0) is 18.4 Å². The zero-order valence-corrected chi connectivity index (χ0v) is 14.6. The van der Waals surface area contributed by atoms with Gasteiger partial charge in [0.15, 0.2) is 0 Å². The van der Waals surface area contributed by atoms with Gasteiger partial charge in [-0.15, -0.1) is 0 Å². The van der Waals surface area contributed by atoms with Gasteiger partial charge in [0, 0.05) is 25.9 Å². The predicted molar refractivity (Wildman–Crippen MR) is 93.5 cm³/mol. The lowest BCUT2D eigenvalue weighted by Gasteiger charge is -2.16. The van der Waals surface area contributed by atoms with Gasteiger partial charge in [0.25, 0.3) is 0 Å². The van der Waals surface area contributed by atoms with E-state index in [-0.39, 0.29) is 5.91 Å². The van der Waals surface area contributed by atoms with Crippen LogP contribution >= 0.6 is 0 Å². The molecule has 0 aliphatic heterocycles. The first-order valence-electron chi connectivity index (χ1n) is 7.39. The molecular formula is C17H23N3OSi. The van der Waals surface area contributed by atoms with Crippen LogP contribution in [0.5, 0.6) is 0 Å². The van der Waals surface area contributed by atoms with Crippen molar-refractivity contribution >= 4 is 25.2 Å². The number of hydrogen-bond acceptors (Lipinski definition) is 2. The number of carbonyl (C=O) groups is 1. The Morgan fingerprint density at radius 1 is 1.23 bits per heavy atom. The molecule has 0 spiro atoms. The molecule has 0 unspecified atom stereocenters. The third-order valence-corrected chi connectivity index (χ3v) is 5.62. The smallest absolute Gasteiger partial charge is 0.244 e. The Morgan fingerprint density at radius 2 is 1.91 bits per heavy atom. The molecule has 1 aromatic heterocycles. The Balaban J connectivity index is 1.89. The molecule has 116 valence electrons. The molecule has 0 saturated carbocycles. The fraction of sp³-hybridized carbons (Fsp3) is 0.294. The number of nitrogens with zero attached hydrogens (tertiary/aromatic N) is 2. The van der Waals surface area contributed by atoms with Gasteiger partial charge in [0.2, 0.25) is 5.91 Å². The summed E-state index contributed by atoms with van der Waals surface area (Å²) in [5.41, 5.74) is 2.01. The van der Waals surface area contributed by atoms with Crippen molar-refractivity contribution in [3.8, 4) is 0 Å². The van der Waals surface area contributed by atoms with Crippen molar-refractivity contribution in [3.05, 3.63) is 53.9 Å². The summed E-state index contributed by atoms with van der Waals surface area (Å²) in [4.78, 5) is 11.8. The van der Waals surface area contributed by atoms with Gasteiger partial charge in [-0.05, 0) is 17.7 Å². The molecule has 0 radical (unpaired) electrons. The van der Waals surface area contributed by atoms with Crippen molar-refractivity contribution in [1.29, 1.82) is 0 Å². The first-order chi connectivity index (χ1) is 10.4. The van der Waals surface area contributed by atoms with Crippen molar-refractivity contribution in [3.63, 3.8) is 0 Å². The Bertz CT molecular complexity index is 666. The third-order valence-electron chi connectivity index (χ3n) is 3.55. The normalized spacial score (nSPS) is 11.8. The van der Waals surface area contributed by atoms with Crippen LogP contribution in [0.2, 0.25) is 19.6 Å². The molecular weight excluding hydrogens is 290 g/mol. The highest BCUT2D eigenvalue weighted by atomic mass is 28.3. The van der Waals surface area contributed by atoms with Gasteiger partial charge >= 0.3 is 0 Å². The largest absolute Gasteiger partial charge is 0.348 e. The Morgan fingerprint density at radius 3 is 2.45 bits per heavy atom. The molecule has 0 aliphatic carbocycles. The van der Waals surface area contributed by atoms with E-state index in [9.17, 15) is 4.79 Å². The Hall–Kier alpha value is -2.14. The standard InChI is InChI=1S/C17H23N3OSi/c1-20-15(11-12-19-20)7-10-17(21)18-13-14-5-8-16(9-6-14)22(2,3)4/h5-12H,13H2,1-4H3,(H,18,21). The van der Waals surface area contributed by atoms with Gasteiger partial charge in [-0.3, -0.25) is 9.48 Å². The first kappa shape index (κ1) is 16.2. The van der Waals surface area contributed by atoms with E-state index in [1.54, 1.807) is 17.0 Å². The average molecular weight is 313 g/mol. The van der Waals surface area contributed by atoms with Gasteiger partial charge in [-0.25, -0.2) is 0 Å². The van der Waals surface area contributed by atoms with E-state index in [1.807, 2.05) is 13.1 Å². The summed E-state index contributed by atoms with van der Waals surface area (Å²) in [7, 11) is 0.588. The second kappa shape index (κ2) is 6.75. The van der Waals surface area contributed by atoms with Crippen molar-refractivity contribution in [2.24, 2.45) is 7.05 Å². The zero-order valence-electron chi connectivity index (χ0n) is 13.6. The summed E-state index contributed by atoms with van der Waals surface area (Å²) >= 11 is 0. The van der Waals surface area contributed by atoms with Crippen LogP contribution < -0.4 is 10.5 Å². The van der Waals surface area contributed by atoms with Crippen LogP contribution in [0.4, 0.5) is 0 Å². The lowest BCUT2D eigenvalue weighted by atomic mass is 10.2. The molecule has 1 heterocycles. The Kier molecular flexibility index (Phi) is 4.98. The minimum Gasteiger partial charge on any atom is -0.348 e. The molecule has 2 rings (SSSR count). The van der Waals surface area contributed by atoms with Crippen molar-refractivity contribution in [2.45, 2.75) is 26.2 Å². The molecule has 22 heavy (non-hydrogen) atoms. The summed E-state index contributed by atoms with van der Waals surface area (Å²) in [6.45, 7) is 7.52. The molecule has 4 nitrogen and oxygen atoms in total. The van der Waals surface area contributed by atoms with E-state index in [2.05, 4.69) is 54.3 Å². The number of aromatic nitrogens is 2. The summed E-state index contributed by atoms with van der Waals surface area (Å²) in [5.74, 6) is -0.101. The maximum atomic E-state index is 11.8. The van der Waals surface area contributed by atoms with Gasteiger partial charge in [0.05, 0.1) is 13.8 Å². The molecule has 1 N–H and O–H groups in total. The van der Waals surface area contributed by atoms with Crippen LogP contribution in [0.3, 0.4) is 0 Å². The fourth-order valence-electron chi connectivity index (χ4n) is 2.08. The van der Waals surface area contributed by atoms with Gasteiger partial charge in [-0.1, -0.05) is 49.1 Å². The lowest BCUT2D eigenvalue weighted by molar-refractivity contribution is -0.116. The predicted octanol–water partition coefficient (Wildman–Crippen LogP) is 2.29. The van der Waals surface area contributed by atoms with Crippen LogP contribution in [0.1, 0.15) is 11.3 Å². The molecule has 1 aromatic carbocycles. The molecule has 5 heteroatoms. The van der Waals surface area contributed by atoms with Crippen LogP contribution in [-0.4, -0.2) is 23.8 Å². The maximum absolute atomic E-state index is 11.8. The molecule has 0 saturated heterocycles. The lowest BCUT2D eigenvalue weighted by Crippen LogP contribution is -2.37. The number of amides is 1. The van der Waals surface area contributed by atoms with Crippen LogP contribution in [0.25, 0.3) is 6.08 Å².